The van der Waals surface area contributed by atoms with Gasteiger partial charge in [0.25, 0.3) is 5.69 Å². The van der Waals surface area contributed by atoms with Crippen molar-refractivity contribution in [1.29, 1.82) is 0 Å². The highest BCUT2D eigenvalue weighted by atomic mass is 35.5. The molecule has 0 atom stereocenters. The van der Waals surface area contributed by atoms with Gasteiger partial charge in [-0.1, -0.05) is 11.6 Å². The number of piperazine rings is 1. The van der Waals surface area contributed by atoms with E-state index in [2.05, 4.69) is 4.90 Å². The molecule has 9 nitrogen and oxygen atoms in total. The van der Waals surface area contributed by atoms with Crippen molar-refractivity contribution < 1.29 is 14.1 Å². The fraction of sp³-hybridized carbons (Fsp3) is 0.263. The second kappa shape index (κ2) is 7.59. The zero-order chi connectivity index (χ0) is 20.5. The van der Waals surface area contributed by atoms with E-state index in [1.54, 1.807) is 35.2 Å². The van der Waals surface area contributed by atoms with Crippen molar-refractivity contribution in [3.8, 4) is 0 Å². The van der Waals surface area contributed by atoms with E-state index in [1.165, 1.54) is 16.7 Å². The van der Waals surface area contributed by atoms with E-state index in [-0.39, 0.29) is 18.1 Å². The summed E-state index contributed by atoms with van der Waals surface area (Å²) in [6, 6.07) is 11.2. The molecule has 2 heterocycles. The van der Waals surface area contributed by atoms with E-state index < -0.39 is 10.7 Å². The lowest BCUT2D eigenvalue weighted by atomic mass is 10.2. The summed E-state index contributed by atoms with van der Waals surface area (Å²) >= 11 is 5.91. The lowest BCUT2D eigenvalue weighted by Crippen LogP contribution is -2.50. The monoisotopic (exact) mass is 416 g/mol. The van der Waals surface area contributed by atoms with Crippen molar-refractivity contribution in [1.82, 2.24) is 9.47 Å². The van der Waals surface area contributed by atoms with Gasteiger partial charge in [-0.3, -0.25) is 19.5 Å². The van der Waals surface area contributed by atoms with Gasteiger partial charge in [-0.25, -0.2) is 4.79 Å². The first-order valence-corrected chi connectivity index (χ1v) is 9.36. The molecule has 2 aromatic carbocycles. The number of benzene rings is 2. The highest BCUT2D eigenvalue weighted by Gasteiger charge is 2.23. The molecule has 1 saturated heterocycles. The Morgan fingerprint density at radius 1 is 1.10 bits per heavy atom. The van der Waals surface area contributed by atoms with E-state index in [0.717, 1.165) is 5.69 Å². The Bertz CT molecular complexity index is 1130. The summed E-state index contributed by atoms with van der Waals surface area (Å²) in [4.78, 5) is 38.9. The molecule has 0 bridgehead atoms. The average molecular weight is 417 g/mol. The largest absolute Gasteiger partial charge is 0.420 e. The summed E-state index contributed by atoms with van der Waals surface area (Å²) in [5.41, 5.74) is 1.79. The third kappa shape index (κ3) is 3.81. The summed E-state index contributed by atoms with van der Waals surface area (Å²) in [5.74, 6) is -0.770. The number of fused-ring (bicyclic) bond motifs is 1. The van der Waals surface area contributed by atoms with Crippen LogP contribution in [-0.2, 0) is 11.3 Å². The zero-order valence-electron chi connectivity index (χ0n) is 15.3. The van der Waals surface area contributed by atoms with Crippen LogP contribution in [0.3, 0.4) is 0 Å². The predicted molar refractivity (Wildman–Crippen MR) is 107 cm³/mol. The third-order valence-electron chi connectivity index (χ3n) is 4.98. The molecule has 1 aliphatic heterocycles. The molecule has 0 aliphatic carbocycles. The number of nitro groups is 1. The smallest absolute Gasteiger partial charge is 0.408 e. The van der Waals surface area contributed by atoms with Crippen molar-refractivity contribution in [2.45, 2.75) is 6.54 Å². The van der Waals surface area contributed by atoms with Gasteiger partial charge < -0.3 is 14.2 Å². The maximum atomic E-state index is 12.7. The van der Waals surface area contributed by atoms with Gasteiger partial charge in [0, 0.05) is 55.1 Å². The molecule has 1 aromatic heterocycles. The van der Waals surface area contributed by atoms with Gasteiger partial charge in [0.05, 0.1) is 10.4 Å². The van der Waals surface area contributed by atoms with E-state index in [0.29, 0.717) is 42.3 Å². The van der Waals surface area contributed by atoms with Crippen molar-refractivity contribution in [3.05, 3.63) is 68.2 Å². The van der Waals surface area contributed by atoms with Gasteiger partial charge in [-0.15, -0.1) is 0 Å². The molecule has 1 aliphatic rings. The maximum Gasteiger partial charge on any atom is 0.420 e. The Labute approximate surface area is 169 Å². The van der Waals surface area contributed by atoms with Gasteiger partial charge in [0.15, 0.2) is 5.58 Å². The number of oxazole rings is 1. The summed E-state index contributed by atoms with van der Waals surface area (Å²) in [6.07, 6.45) is 0. The van der Waals surface area contributed by atoms with Crippen LogP contribution in [0.25, 0.3) is 11.1 Å². The minimum Gasteiger partial charge on any atom is -0.408 e. The van der Waals surface area contributed by atoms with E-state index in [4.69, 9.17) is 16.0 Å². The normalized spacial score (nSPS) is 14.4. The Morgan fingerprint density at radius 2 is 1.79 bits per heavy atom. The fourth-order valence-electron chi connectivity index (χ4n) is 3.42. The summed E-state index contributed by atoms with van der Waals surface area (Å²) in [7, 11) is 0. The predicted octanol–water partition coefficient (Wildman–Crippen LogP) is 2.50. The second-order valence-electron chi connectivity index (χ2n) is 6.71. The highest BCUT2D eigenvalue weighted by Crippen LogP contribution is 2.21. The van der Waals surface area contributed by atoms with Crippen LogP contribution in [0.15, 0.2) is 51.7 Å². The number of aromatic nitrogens is 1. The van der Waals surface area contributed by atoms with Crippen molar-refractivity contribution >= 4 is 40.0 Å². The van der Waals surface area contributed by atoms with Crippen LogP contribution < -0.4 is 10.7 Å². The molecule has 0 N–H and O–H groups in total. The Hall–Kier alpha value is -3.33. The standard InChI is InChI=1S/C19H17ClN4O5/c20-13-1-6-16-17(11-13)29-19(26)23(16)12-18(25)22-9-7-21(8-10-22)14-2-4-15(5-3-14)24(27)28/h1-6,11H,7-10,12H2. The van der Waals surface area contributed by atoms with E-state index in [1.807, 2.05) is 0 Å². The number of nitrogens with zero attached hydrogens (tertiary/aromatic N) is 4. The molecule has 1 fully saturated rings. The Morgan fingerprint density at radius 3 is 2.45 bits per heavy atom. The fourth-order valence-corrected chi connectivity index (χ4v) is 3.59. The first-order valence-electron chi connectivity index (χ1n) is 8.98. The van der Waals surface area contributed by atoms with Crippen molar-refractivity contribution in [3.63, 3.8) is 0 Å². The SMILES string of the molecule is O=C(Cn1c(=O)oc2cc(Cl)ccc21)N1CCN(c2ccc([N+](=O)[O-])cc2)CC1. The van der Waals surface area contributed by atoms with Gasteiger partial charge in [-0.2, -0.15) is 0 Å². The van der Waals surface area contributed by atoms with E-state index in [9.17, 15) is 19.7 Å². The summed E-state index contributed by atoms with van der Waals surface area (Å²) < 4.78 is 6.47. The van der Waals surface area contributed by atoms with Crippen LogP contribution >= 0.6 is 11.6 Å². The van der Waals surface area contributed by atoms with Crippen LogP contribution in [0.1, 0.15) is 0 Å². The Kier molecular flexibility index (Phi) is 4.98. The molecule has 29 heavy (non-hydrogen) atoms. The van der Waals surface area contributed by atoms with Crippen LogP contribution in [-0.4, -0.2) is 46.5 Å². The van der Waals surface area contributed by atoms with Gasteiger partial charge in [0.1, 0.15) is 6.54 Å². The van der Waals surface area contributed by atoms with Gasteiger partial charge >= 0.3 is 5.76 Å². The number of non-ortho nitro benzene ring substituents is 1. The molecule has 0 spiro atoms. The molecule has 0 radical (unpaired) electrons. The Balaban J connectivity index is 1.41. The summed E-state index contributed by atoms with van der Waals surface area (Å²) in [6.45, 7) is 2.07. The lowest BCUT2D eigenvalue weighted by molar-refractivity contribution is -0.384. The molecule has 0 unspecified atom stereocenters. The minimum atomic E-state index is -0.597. The van der Waals surface area contributed by atoms with E-state index >= 15 is 0 Å². The number of amides is 1. The number of hydrogen-bond donors (Lipinski definition) is 0. The van der Waals surface area contributed by atoms with Crippen molar-refractivity contribution in [2.75, 3.05) is 31.1 Å². The number of anilines is 1. The second-order valence-corrected chi connectivity index (χ2v) is 7.14. The van der Waals surface area contributed by atoms with Crippen LogP contribution in [0.4, 0.5) is 11.4 Å². The maximum absolute atomic E-state index is 12.7. The molecule has 1 amide bonds. The quantitative estimate of drug-likeness (QED) is 0.478. The number of hydrogen-bond acceptors (Lipinski definition) is 6. The highest BCUT2D eigenvalue weighted by molar-refractivity contribution is 6.31. The van der Waals surface area contributed by atoms with Crippen LogP contribution in [0, 0.1) is 10.1 Å². The third-order valence-corrected chi connectivity index (χ3v) is 5.22. The number of halogens is 1. The average Bonchev–Trinajstić information content (AvgIpc) is 3.02. The molecule has 3 aromatic rings. The van der Waals surface area contributed by atoms with Crippen LogP contribution in [0.2, 0.25) is 5.02 Å². The number of carbonyl (C=O) groups is 1. The minimum absolute atomic E-state index is 0.0432. The zero-order valence-corrected chi connectivity index (χ0v) is 16.0. The molecular weight excluding hydrogens is 400 g/mol. The lowest BCUT2D eigenvalue weighted by Gasteiger charge is -2.36. The van der Waals surface area contributed by atoms with Gasteiger partial charge in [-0.05, 0) is 24.3 Å². The first-order chi connectivity index (χ1) is 13.9. The molecule has 4 rings (SSSR count). The topological polar surface area (TPSA) is 102 Å². The molecule has 10 heteroatoms. The number of carbonyl (C=O) groups excluding carboxylic acids is 1. The number of rotatable bonds is 4. The van der Waals surface area contributed by atoms with Crippen molar-refractivity contribution in [2.24, 2.45) is 0 Å². The molecular formula is C19H17ClN4O5. The molecule has 0 saturated carbocycles. The van der Waals surface area contributed by atoms with Gasteiger partial charge in [0.2, 0.25) is 5.91 Å². The first kappa shape index (κ1) is 19.0. The van der Waals surface area contributed by atoms with Crippen LogP contribution in [0.5, 0.6) is 0 Å². The number of nitro benzene ring substituents is 1. The summed E-state index contributed by atoms with van der Waals surface area (Å²) in [5, 5.41) is 11.2. The molecule has 150 valence electrons.